The Morgan fingerprint density at radius 1 is 1.21 bits per heavy atom. The van der Waals surface area contributed by atoms with Crippen LogP contribution in [-0.2, 0) is 19.5 Å². The number of rotatable bonds is 4. The van der Waals surface area contributed by atoms with E-state index in [4.69, 9.17) is 16.6 Å². The van der Waals surface area contributed by atoms with E-state index >= 15 is 0 Å². The quantitative estimate of drug-likeness (QED) is 0.493. The van der Waals surface area contributed by atoms with E-state index in [9.17, 15) is 4.79 Å². The van der Waals surface area contributed by atoms with Gasteiger partial charge in [0.05, 0.1) is 16.1 Å². The number of fused-ring (bicyclic) bond motifs is 1. The molecule has 0 saturated heterocycles. The van der Waals surface area contributed by atoms with Crippen LogP contribution in [0, 0.1) is 0 Å². The lowest BCUT2D eigenvalue weighted by Crippen LogP contribution is -2.35. The molecule has 3 aromatic heterocycles. The van der Waals surface area contributed by atoms with Crippen molar-refractivity contribution in [3.8, 4) is 21.3 Å². The number of halogens is 1. The highest BCUT2D eigenvalue weighted by Gasteiger charge is 2.22. The summed E-state index contributed by atoms with van der Waals surface area (Å²) in [6.45, 7) is 2.26. The number of aromatic nitrogens is 3. The second-order valence-electron chi connectivity index (χ2n) is 6.92. The van der Waals surface area contributed by atoms with Crippen molar-refractivity contribution >= 4 is 34.3 Å². The minimum atomic E-state index is -0.0331. The Morgan fingerprint density at radius 2 is 2.07 bits per heavy atom. The Kier molecular flexibility index (Phi) is 5.05. The van der Waals surface area contributed by atoms with Crippen LogP contribution in [0.1, 0.15) is 16.1 Å². The number of thiophene rings is 1. The van der Waals surface area contributed by atoms with E-state index in [0.29, 0.717) is 12.4 Å². The predicted octanol–water partition coefficient (Wildman–Crippen LogP) is 4.83. The maximum atomic E-state index is 12.7. The van der Waals surface area contributed by atoms with Crippen LogP contribution in [0.3, 0.4) is 0 Å². The Morgan fingerprint density at radius 3 is 2.86 bits per heavy atom. The van der Waals surface area contributed by atoms with Crippen LogP contribution in [0.5, 0.6) is 0 Å². The average Bonchev–Trinajstić information content (AvgIpc) is 3.41. The van der Waals surface area contributed by atoms with Crippen LogP contribution < -0.4 is 5.56 Å². The van der Waals surface area contributed by atoms with Crippen LogP contribution in [0.25, 0.3) is 21.3 Å². The smallest absolute Gasteiger partial charge is 0.255 e. The van der Waals surface area contributed by atoms with Crippen molar-refractivity contribution in [3.05, 3.63) is 79.5 Å². The largest absolute Gasteiger partial charge is 0.306 e. The molecular weight excluding hydrogens is 424 g/mol. The number of H-pyrrole nitrogens is 1. The Bertz CT molecular complexity index is 1200. The molecule has 0 amide bonds. The fourth-order valence-corrected chi connectivity index (χ4v) is 5.23. The first-order chi connectivity index (χ1) is 14.2. The van der Waals surface area contributed by atoms with E-state index in [1.807, 2.05) is 48.0 Å². The van der Waals surface area contributed by atoms with Gasteiger partial charge in [0.2, 0.25) is 0 Å². The van der Waals surface area contributed by atoms with E-state index in [-0.39, 0.29) is 5.56 Å². The summed E-state index contributed by atoms with van der Waals surface area (Å²) >= 11 is 9.23. The van der Waals surface area contributed by atoms with E-state index < -0.39 is 0 Å². The SMILES string of the molecule is O=c1[nH]c(-c2cccs2)nc2c1CN(Cc1cnc(-c3ccc(Cl)cc3)s1)CC2. The summed E-state index contributed by atoms with van der Waals surface area (Å²) in [6.07, 6.45) is 2.70. The summed E-state index contributed by atoms with van der Waals surface area (Å²) in [5.41, 5.74) is 2.73. The molecule has 0 saturated carbocycles. The molecule has 4 aromatic rings. The molecule has 29 heavy (non-hydrogen) atoms. The van der Waals surface area contributed by atoms with Crippen molar-refractivity contribution in [2.45, 2.75) is 19.5 Å². The van der Waals surface area contributed by atoms with Crippen LogP contribution >= 0.6 is 34.3 Å². The van der Waals surface area contributed by atoms with Crippen molar-refractivity contribution in [3.63, 3.8) is 0 Å². The summed E-state index contributed by atoms with van der Waals surface area (Å²) in [7, 11) is 0. The van der Waals surface area contributed by atoms with Crippen molar-refractivity contribution in [1.82, 2.24) is 19.9 Å². The molecule has 0 bridgehead atoms. The van der Waals surface area contributed by atoms with E-state index in [0.717, 1.165) is 51.2 Å². The van der Waals surface area contributed by atoms with Crippen LogP contribution in [-0.4, -0.2) is 26.4 Å². The van der Waals surface area contributed by atoms with Gasteiger partial charge in [-0.05, 0) is 23.6 Å². The maximum Gasteiger partial charge on any atom is 0.255 e. The molecule has 146 valence electrons. The third kappa shape index (κ3) is 3.91. The Hall–Kier alpha value is -2.32. The minimum absolute atomic E-state index is 0.0331. The molecule has 4 heterocycles. The second-order valence-corrected chi connectivity index (χ2v) is 9.42. The lowest BCUT2D eigenvalue weighted by atomic mass is 10.1. The highest BCUT2D eigenvalue weighted by Crippen LogP contribution is 2.28. The van der Waals surface area contributed by atoms with E-state index in [1.165, 1.54) is 4.88 Å². The summed E-state index contributed by atoms with van der Waals surface area (Å²) in [6, 6.07) is 11.7. The molecule has 0 spiro atoms. The third-order valence-corrected chi connectivity index (χ3v) is 7.09. The van der Waals surface area contributed by atoms with Gasteiger partial charge < -0.3 is 4.98 Å². The molecular formula is C21H17ClN4OS2. The van der Waals surface area contributed by atoms with Crippen molar-refractivity contribution < 1.29 is 0 Å². The first-order valence-electron chi connectivity index (χ1n) is 9.24. The molecule has 1 N–H and O–H groups in total. The molecule has 1 aromatic carbocycles. The van der Waals surface area contributed by atoms with Gasteiger partial charge in [0.25, 0.3) is 5.56 Å². The number of nitrogens with zero attached hydrogens (tertiary/aromatic N) is 3. The number of thiazole rings is 1. The monoisotopic (exact) mass is 440 g/mol. The Balaban J connectivity index is 1.33. The zero-order chi connectivity index (χ0) is 19.8. The molecule has 0 aliphatic carbocycles. The lowest BCUT2D eigenvalue weighted by Gasteiger charge is -2.27. The molecule has 5 nitrogen and oxygen atoms in total. The van der Waals surface area contributed by atoms with Gasteiger partial charge in [-0.3, -0.25) is 9.69 Å². The molecule has 0 atom stereocenters. The minimum Gasteiger partial charge on any atom is -0.306 e. The first kappa shape index (κ1) is 18.7. The van der Waals surface area contributed by atoms with Gasteiger partial charge in [-0.25, -0.2) is 9.97 Å². The highest BCUT2D eigenvalue weighted by atomic mass is 35.5. The summed E-state index contributed by atoms with van der Waals surface area (Å²) in [5.74, 6) is 0.673. The van der Waals surface area contributed by atoms with Crippen molar-refractivity contribution in [2.75, 3.05) is 6.54 Å². The van der Waals surface area contributed by atoms with Gasteiger partial charge in [-0.15, -0.1) is 22.7 Å². The van der Waals surface area contributed by atoms with Gasteiger partial charge in [-0.1, -0.05) is 29.8 Å². The molecule has 5 rings (SSSR count). The zero-order valence-corrected chi connectivity index (χ0v) is 17.8. The van der Waals surface area contributed by atoms with E-state index in [1.54, 1.807) is 22.7 Å². The van der Waals surface area contributed by atoms with Gasteiger partial charge in [0, 0.05) is 47.7 Å². The van der Waals surface area contributed by atoms with Crippen LogP contribution in [0.2, 0.25) is 5.02 Å². The number of hydrogen-bond donors (Lipinski definition) is 1. The molecule has 0 radical (unpaired) electrons. The Labute approximate surface area is 180 Å². The standard InChI is InChI=1S/C21H17ClN4OS2/c22-14-5-3-13(4-6-14)21-23-10-15(29-21)11-26-8-7-17-16(12-26)20(27)25-19(24-17)18-2-1-9-28-18/h1-6,9-10H,7-8,11-12H2,(H,24,25,27). The molecule has 0 unspecified atom stereocenters. The van der Waals surface area contributed by atoms with Gasteiger partial charge in [-0.2, -0.15) is 0 Å². The average molecular weight is 441 g/mol. The van der Waals surface area contributed by atoms with Crippen LogP contribution in [0.15, 0.2) is 52.8 Å². The highest BCUT2D eigenvalue weighted by molar-refractivity contribution is 7.15. The summed E-state index contributed by atoms with van der Waals surface area (Å²) in [5, 5.41) is 3.69. The first-order valence-corrected chi connectivity index (χ1v) is 11.3. The third-order valence-electron chi connectivity index (χ3n) is 4.93. The maximum absolute atomic E-state index is 12.7. The normalized spacial score (nSPS) is 14.1. The van der Waals surface area contributed by atoms with Gasteiger partial charge in [0.15, 0.2) is 5.82 Å². The summed E-state index contributed by atoms with van der Waals surface area (Å²) in [4.78, 5) is 29.3. The number of nitrogens with one attached hydrogen (secondary N) is 1. The van der Waals surface area contributed by atoms with Gasteiger partial charge >= 0.3 is 0 Å². The van der Waals surface area contributed by atoms with Crippen LogP contribution in [0.4, 0.5) is 0 Å². The molecule has 1 aliphatic heterocycles. The fourth-order valence-electron chi connectivity index (χ4n) is 3.47. The summed E-state index contributed by atoms with van der Waals surface area (Å²) < 4.78 is 0. The fraction of sp³-hybridized carbons (Fsp3) is 0.190. The van der Waals surface area contributed by atoms with Crippen molar-refractivity contribution in [2.24, 2.45) is 0 Å². The second kappa shape index (κ2) is 7.84. The number of aromatic amines is 1. The predicted molar refractivity (Wildman–Crippen MR) is 119 cm³/mol. The number of hydrogen-bond acceptors (Lipinski definition) is 6. The van der Waals surface area contributed by atoms with E-state index in [2.05, 4.69) is 14.9 Å². The molecule has 1 aliphatic rings. The molecule has 8 heteroatoms. The number of benzene rings is 1. The lowest BCUT2D eigenvalue weighted by molar-refractivity contribution is 0.244. The van der Waals surface area contributed by atoms with Crippen molar-refractivity contribution in [1.29, 1.82) is 0 Å². The zero-order valence-electron chi connectivity index (χ0n) is 15.4. The topological polar surface area (TPSA) is 61.9 Å². The van der Waals surface area contributed by atoms with Gasteiger partial charge in [0.1, 0.15) is 5.01 Å². The molecule has 0 fully saturated rings.